The van der Waals surface area contributed by atoms with Gasteiger partial charge < -0.3 is 10.2 Å². The van der Waals surface area contributed by atoms with Crippen LogP contribution >= 0.6 is 0 Å². The molecule has 122 valence electrons. The maximum absolute atomic E-state index is 12.0. The Labute approximate surface area is 133 Å². The number of carbonyl (C=O) groups is 2. The minimum Gasteiger partial charge on any atom is -0.356 e. The van der Waals surface area contributed by atoms with E-state index in [4.69, 9.17) is 5.26 Å². The highest BCUT2D eigenvalue weighted by atomic mass is 16.2. The molecule has 1 aliphatic carbocycles. The quantitative estimate of drug-likeness (QED) is 0.846. The van der Waals surface area contributed by atoms with Gasteiger partial charge in [0.15, 0.2) is 0 Å². The molecular weight excluding hydrogens is 278 g/mol. The molecule has 5 nitrogen and oxygen atoms in total. The maximum Gasteiger partial charge on any atom is 0.236 e. The zero-order chi connectivity index (χ0) is 15.8. The second kappa shape index (κ2) is 8.77. The van der Waals surface area contributed by atoms with Gasteiger partial charge in [-0.25, -0.2) is 0 Å². The van der Waals surface area contributed by atoms with Crippen LogP contribution in [0.25, 0.3) is 0 Å². The molecule has 1 aliphatic heterocycles. The molecule has 0 radical (unpaired) electrons. The molecule has 1 saturated carbocycles. The second-order valence-electron chi connectivity index (χ2n) is 6.67. The molecule has 2 aliphatic rings. The smallest absolute Gasteiger partial charge is 0.236 e. The predicted molar refractivity (Wildman–Crippen MR) is 83.7 cm³/mol. The Bertz CT molecular complexity index is 416. The monoisotopic (exact) mass is 305 g/mol. The third kappa shape index (κ3) is 5.32. The SMILES string of the molecule is N#CCC(=O)N1CCC(CNC(=O)CC2CCCCC2)CC1. The Hall–Kier alpha value is -1.57. The lowest BCUT2D eigenvalue weighted by Gasteiger charge is -2.31. The third-order valence-electron chi connectivity index (χ3n) is 4.98. The minimum atomic E-state index is -0.0673. The molecular formula is C17H27N3O2. The van der Waals surface area contributed by atoms with Crippen molar-refractivity contribution in [1.29, 1.82) is 5.26 Å². The van der Waals surface area contributed by atoms with Crippen molar-refractivity contribution in [2.45, 2.75) is 57.8 Å². The standard InChI is InChI=1S/C17H27N3O2/c18-9-6-17(22)20-10-7-15(8-11-20)13-19-16(21)12-14-4-2-1-3-5-14/h14-15H,1-8,10-13H2,(H,19,21). The first kappa shape index (κ1) is 16.8. The molecule has 2 amide bonds. The Morgan fingerprint density at radius 2 is 1.73 bits per heavy atom. The van der Waals surface area contributed by atoms with Crippen LogP contribution in [-0.4, -0.2) is 36.3 Å². The number of carbonyl (C=O) groups excluding carboxylic acids is 2. The van der Waals surface area contributed by atoms with E-state index < -0.39 is 0 Å². The van der Waals surface area contributed by atoms with Crippen LogP contribution in [0.3, 0.4) is 0 Å². The summed E-state index contributed by atoms with van der Waals surface area (Å²) in [6.45, 7) is 2.15. The second-order valence-corrected chi connectivity index (χ2v) is 6.67. The van der Waals surface area contributed by atoms with Crippen LogP contribution < -0.4 is 5.32 Å². The van der Waals surface area contributed by atoms with E-state index in [0.29, 0.717) is 31.3 Å². The van der Waals surface area contributed by atoms with Crippen molar-refractivity contribution >= 4 is 11.8 Å². The van der Waals surface area contributed by atoms with Crippen LogP contribution in [0.5, 0.6) is 0 Å². The van der Waals surface area contributed by atoms with Crippen LogP contribution in [0, 0.1) is 23.2 Å². The summed E-state index contributed by atoms with van der Waals surface area (Å²) in [4.78, 5) is 25.4. The highest BCUT2D eigenvalue weighted by Gasteiger charge is 2.23. The summed E-state index contributed by atoms with van der Waals surface area (Å²) >= 11 is 0. The number of piperidine rings is 1. The van der Waals surface area contributed by atoms with Gasteiger partial charge in [-0.2, -0.15) is 5.26 Å². The van der Waals surface area contributed by atoms with Gasteiger partial charge in [0.25, 0.3) is 0 Å². The van der Waals surface area contributed by atoms with E-state index in [1.54, 1.807) is 4.90 Å². The van der Waals surface area contributed by atoms with Crippen LogP contribution in [0.2, 0.25) is 0 Å². The number of rotatable bonds is 5. The van der Waals surface area contributed by atoms with Crippen molar-refractivity contribution in [1.82, 2.24) is 10.2 Å². The molecule has 5 heteroatoms. The van der Waals surface area contributed by atoms with Gasteiger partial charge in [0, 0.05) is 26.1 Å². The average Bonchev–Trinajstić information content (AvgIpc) is 2.54. The van der Waals surface area contributed by atoms with Gasteiger partial charge in [0.2, 0.25) is 11.8 Å². The van der Waals surface area contributed by atoms with Crippen LogP contribution in [0.1, 0.15) is 57.8 Å². The van der Waals surface area contributed by atoms with Crippen molar-refractivity contribution in [3.63, 3.8) is 0 Å². The van der Waals surface area contributed by atoms with Crippen LogP contribution in [0.15, 0.2) is 0 Å². The largest absolute Gasteiger partial charge is 0.356 e. The van der Waals surface area contributed by atoms with E-state index >= 15 is 0 Å². The van der Waals surface area contributed by atoms with Crippen LogP contribution in [-0.2, 0) is 9.59 Å². The summed E-state index contributed by atoms with van der Waals surface area (Å²) in [5.41, 5.74) is 0. The first-order chi connectivity index (χ1) is 10.7. The summed E-state index contributed by atoms with van der Waals surface area (Å²) in [7, 11) is 0. The third-order valence-corrected chi connectivity index (χ3v) is 4.98. The van der Waals surface area contributed by atoms with E-state index in [1.807, 2.05) is 6.07 Å². The summed E-state index contributed by atoms with van der Waals surface area (Å²) in [6.07, 6.45) is 8.76. The van der Waals surface area contributed by atoms with Crippen LogP contribution in [0.4, 0.5) is 0 Å². The van der Waals surface area contributed by atoms with E-state index in [0.717, 1.165) is 19.4 Å². The number of nitrogens with one attached hydrogen (secondary N) is 1. The molecule has 0 aromatic rings. The number of nitrogens with zero attached hydrogens (tertiary/aromatic N) is 2. The Kier molecular flexibility index (Phi) is 6.70. The van der Waals surface area contributed by atoms with Gasteiger partial charge >= 0.3 is 0 Å². The number of amides is 2. The molecule has 22 heavy (non-hydrogen) atoms. The van der Waals surface area contributed by atoms with E-state index in [2.05, 4.69) is 5.32 Å². The molecule has 0 aromatic heterocycles. The summed E-state index contributed by atoms with van der Waals surface area (Å²) in [5.74, 6) is 1.16. The maximum atomic E-state index is 12.0. The fourth-order valence-electron chi connectivity index (χ4n) is 3.55. The lowest BCUT2D eigenvalue weighted by molar-refractivity contribution is -0.131. The normalized spacial score (nSPS) is 20.4. The first-order valence-electron chi connectivity index (χ1n) is 8.60. The van der Waals surface area contributed by atoms with E-state index in [-0.39, 0.29) is 18.2 Å². The van der Waals surface area contributed by atoms with Gasteiger partial charge in [-0.05, 0) is 37.5 Å². The van der Waals surface area contributed by atoms with Gasteiger partial charge in [0.1, 0.15) is 6.42 Å². The van der Waals surface area contributed by atoms with Crippen molar-refractivity contribution in [2.24, 2.45) is 11.8 Å². The van der Waals surface area contributed by atoms with Crippen molar-refractivity contribution in [2.75, 3.05) is 19.6 Å². The zero-order valence-electron chi connectivity index (χ0n) is 13.4. The Morgan fingerprint density at radius 1 is 1.05 bits per heavy atom. The topological polar surface area (TPSA) is 73.2 Å². The van der Waals surface area contributed by atoms with Gasteiger partial charge in [-0.3, -0.25) is 9.59 Å². The van der Waals surface area contributed by atoms with E-state index in [9.17, 15) is 9.59 Å². The average molecular weight is 305 g/mol. The van der Waals surface area contributed by atoms with Crippen molar-refractivity contribution < 1.29 is 9.59 Å². The van der Waals surface area contributed by atoms with Gasteiger partial charge in [0.05, 0.1) is 6.07 Å². The molecule has 0 bridgehead atoms. The Balaban J connectivity index is 1.61. The number of likely N-dealkylation sites (tertiary alicyclic amines) is 1. The summed E-state index contributed by atoms with van der Waals surface area (Å²) in [6, 6.07) is 1.91. The minimum absolute atomic E-state index is 0.0250. The van der Waals surface area contributed by atoms with E-state index in [1.165, 1.54) is 32.1 Å². The number of hydrogen-bond acceptors (Lipinski definition) is 3. The molecule has 0 spiro atoms. The number of hydrogen-bond donors (Lipinski definition) is 1. The molecule has 1 heterocycles. The fourth-order valence-corrected chi connectivity index (χ4v) is 3.55. The zero-order valence-corrected chi connectivity index (χ0v) is 13.4. The molecule has 0 aromatic carbocycles. The fraction of sp³-hybridized carbons (Fsp3) is 0.824. The number of nitriles is 1. The Morgan fingerprint density at radius 3 is 2.36 bits per heavy atom. The van der Waals surface area contributed by atoms with Crippen molar-refractivity contribution in [3.8, 4) is 6.07 Å². The predicted octanol–water partition coefficient (Wildman–Crippen LogP) is 2.23. The summed E-state index contributed by atoms with van der Waals surface area (Å²) in [5, 5.41) is 11.6. The highest BCUT2D eigenvalue weighted by molar-refractivity contribution is 5.78. The summed E-state index contributed by atoms with van der Waals surface area (Å²) < 4.78 is 0. The van der Waals surface area contributed by atoms with Gasteiger partial charge in [-0.1, -0.05) is 19.3 Å². The molecule has 1 saturated heterocycles. The lowest BCUT2D eigenvalue weighted by atomic mass is 9.87. The molecule has 0 unspecified atom stereocenters. The lowest BCUT2D eigenvalue weighted by Crippen LogP contribution is -2.41. The van der Waals surface area contributed by atoms with Gasteiger partial charge in [-0.15, -0.1) is 0 Å². The molecule has 2 rings (SSSR count). The first-order valence-corrected chi connectivity index (χ1v) is 8.60. The highest BCUT2D eigenvalue weighted by Crippen LogP contribution is 2.26. The van der Waals surface area contributed by atoms with Crippen molar-refractivity contribution in [3.05, 3.63) is 0 Å². The molecule has 1 N–H and O–H groups in total. The molecule has 0 atom stereocenters. The molecule has 2 fully saturated rings.